The fourth-order valence-electron chi connectivity index (χ4n) is 1.43. The molecule has 3 heteroatoms. The monoisotopic (exact) mass is 177 g/mol. The molecular formula is C10H15N3. The summed E-state index contributed by atoms with van der Waals surface area (Å²) in [6.07, 6.45) is 1.83. The maximum absolute atomic E-state index is 4.26. The molecule has 13 heavy (non-hydrogen) atoms. The zero-order valence-electron chi connectivity index (χ0n) is 7.88. The van der Waals surface area contributed by atoms with Crippen molar-refractivity contribution in [2.75, 3.05) is 13.1 Å². The van der Waals surface area contributed by atoms with Crippen molar-refractivity contribution >= 4 is 0 Å². The molecular weight excluding hydrogens is 162 g/mol. The van der Waals surface area contributed by atoms with Gasteiger partial charge >= 0.3 is 0 Å². The van der Waals surface area contributed by atoms with Crippen LogP contribution < -0.4 is 10.6 Å². The lowest BCUT2D eigenvalue weighted by Gasteiger charge is -2.40. The Kier molecular flexibility index (Phi) is 2.29. The van der Waals surface area contributed by atoms with Crippen LogP contribution in [-0.4, -0.2) is 23.6 Å². The smallest absolute Gasteiger partial charge is 0.0541 e. The SMILES string of the molecule is CC1(NCc2ccccn2)CNC1. The molecule has 70 valence electrons. The molecule has 2 rings (SSSR count). The van der Waals surface area contributed by atoms with Crippen molar-refractivity contribution in [3.8, 4) is 0 Å². The number of aromatic nitrogens is 1. The van der Waals surface area contributed by atoms with Crippen LogP contribution in [0.4, 0.5) is 0 Å². The summed E-state index contributed by atoms with van der Waals surface area (Å²) < 4.78 is 0. The highest BCUT2D eigenvalue weighted by atomic mass is 15.1. The third-order valence-electron chi connectivity index (χ3n) is 2.45. The lowest BCUT2D eigenvalue weighted by atomic mass is 9.95. The number of pyridine rings is 1. The van der Waals surface area contributed by atoms with E-state index in [9.17, 15) is 0 Å². The first-order chi connectivity index (χ1) is 6.29. The third kappa shape index (κ3) is 2.05. The van der Waals surface area contributed by atoms with Gasteiger partial charge in [-0.2, -0.15) is 0 Å². The highest BCUT2D eigenvalue weighted by Gasteiger charge is 2.30. The molecule has 0 aromatic carbocycles. The second kappa shape index (κ2) is 3.44. The van der Waals surface area contributed by atoms with Crippen LogP contribution in [0, 0.1) is 0 Å². The summed E-state index contributed by atoms with van der Waals surface area (Å²) in [6, 6.07) is 6.00. The Balaban J connectivity index is 1.86. The number of hydrogen-bond donors (Lipinski definition) is 2. The van der Waals surface area contributed by atoms with E-state index >= 15 is 0 Å². The predicted octanol–water partition coefficient (Wildman–Crippen LogP) is 0.533. The second-order valence-corrected chi connectivity index (χ2v) is 3.84. The number of nitrogens with zero attached hydrogens (tertiary/aromatic N) is 1. The van der Waals surface area contributed by atoms with Crippen LogP contribution in [0.2, 0.25) is 0 Å². The van der Waals surface area contributed by atoms with E-state index in [1.54, 1.807) is 0 Å². The Morgan fingerprint density at radius 1 is 1.54 bits per heavy atom. The molecule has 0 bridgehead atoms. The van der Waals surface area contributed by atoms with E-state index < -0.39 is 0 Å². The van der Waals surface area contributed by atoms with Gasteiger partial charge in [0.15, 0.2) is 0 Å². The maximum Gasteiger partial charge on any atom is 0.0541 e. The minimum atomic E-state index is 0.275. The van der Waals surface area contributed by atoms with Crippen LogP contribution in [0.15, 0.2) is 24.4 Å². The minimum absolute atomic E-state index is 0.275. The first-order valence-electron chi connectivity index (χ1n) is 4.64. The highest BCUT2D eigenvalue weighted by molar-refractivity contribution is 5.05. The molecule has 0 spiro atoms. The summed E-state index contributed by atoms with van der Waals surface area (Å²) in [7, 11) is 0. The Hall–Kier alpha value is -0.930. The van der Waals surface area contributed by atoms with Crippen LogP contribution >= 0.6 is 0 Å². The molecule has 0 amide bonds. The number of nitrogens with one attached hydrogen (secondary N) is 2. The lowest BCUT2D eigenvalue weighted by molar-refractivity contribution is 0.236. The summed E-state index contributed by atoms with van der Waals surface area (Å²) >= 11 is 0. The van der Waals surface area contributed by atoms with Gasteiger partial charge in [-0.25, -0.2) is 0 Å². The highest BCUT2D eigenvalue weighted by Crippen LogP contribution is 2.09. The molecule has 0 atom stereocenters. The van der Waals surface area contributed by atoms with E-state index in [1.165, 1.54) is 0 Å². The van der Waals surface area contributed by atoms with Gasteiger partial charge in [-0.1, -0.05) is 6.07 Å². The summed E-state index contributed by atoms with van der Waals surface area (Å²) in [5, 5.41) is 6.74. The fraction of sp³-hybridized carbons (Fsp3) is 0.500. The maximum atomic E-state index is 4.26. The molecule has 0 unspecified atom stereocenters. The van der Waals surface area contributed by atoms with Crippen LogP contribution in [0.25, 0.3) is 0 Å². The molecule has 2 heterocycles. The van der Waals surface area contributed by atoms with Crippen molar-refractivity contribution in [3.05, 3.63) is 30.1 Å². The van der Waals surface area contributed by atoms with Crippen LogP contribution in [0.1, 0.15) is 12.6 Å². The van der Waals surface area contributed by atoms with Gasteiger partial charge in [-0.15, -0.1) is 0 Å². The van der Waals surface area contributed by atoms with E-state index in [0.29, 0.717) is 0 Å². The van der Waals surface area contributed by atoms with E-state index in [4.69, 9.17) is 0 Å². The number of rotatable bonds is 3. The van der Waals surface area contributed by atoms with Crippen LogP contribution in [0.3, 0.4) is 0 Å². The van der Waals surface area contributed by atoms with Crippen molar-refractivity contribution < 1.29 is 0 Å². The fourth-order valence-corrected chi connectivity index (χ4v) is 1.43. The standard InChI is InChI=1S/C10H15N3/c1-10(7-11-8-10)13-6-9-4-2-3-5-12-9/h2-5,11,13H,6-8H2,1H3. The Morgan fingerprint density at radius 3 is 2.92 bits per heavy atom. The van der Waals surface area contributed by atoms with Gasteiger partial charge in [0, 0.05) is 31.4 Å². The van der Waals surface area contributed by atoms with Gasteiger partial charge in [0.25, 0.3) is 0 Å². The average molecular weight is 177 g/mol. The molecule has 0 radical (unpaired) electrons. The Morgan fingerprint density at radius 2 is 2.38 bits per heavy atom. The first-order valence-corrected chi connectivity index (χ1v) is 4.64. The van der Waals surface area contributed by atoms with Gasteiger partial charge in [0.05, 0.1) is 5.69 Å². The van der Waals surface area contributed by atoms with Gasteiger partial charge in [-0.05, 0) is 19.1 Å². The van der Waals surface area contributed by atoms with E-state index in [2.05, 4.69) is 22.5 Å². The van der Waals surface area contributed by atoms with E-state index in [-0.39, 0.29) is 5.54 Å². The second-order valence-electron chi connectivity index (χ2n) is 3.84. The molecule has 3 nitrogen and oxygen atoms in total. The van der Waals surface area contributed by atoms with Crippen LogP contribution in [-0.2, 0) is 6.54 Å². The van der Waals surface area contributed by atoms with E-state index in [1.807, 2.05) is 24.4 Å². The topological polar surface area (TPSA) is 37.0 Å². The molecule has 1 fully saturated rings. The van der Waals surface area contributed by atoms with Crippen molar-refractivity contribution in [1.82, 2.24) is 15.6 Å². The van der Waals surface area contributed by atoms with E-state index in [0.717, 1.165) is 25.3 Å². The van der Waals surface area contributed by atoms with Crippen molar-refractivity contribution in [2.45, 2.75) is 19.0 Å². The molecule has 2 N–H and O–H groups in total. The predicted molar refractivity (Wildman–Crippen MR) is 52.4 cm³/mol. The quantitative estimate of drug-likeness (QED) is 0.707. The summed E-state index contributed by atoms with van der Waals surface area (Å²) in [4.78, 5) is 4.26. The van der Waals surface area contributed by atoms with Crippen molar-refractivity contribution in [3.63, 3.8) is 0 Å². The first kappa shape index (κ1) is 8.66. The van der Waals surface area contributed by atoms with Crippen molar-refractivity contribution in [2.24, 2.45) is 0 Å². The summed E-state index contributed by atoms with van der Waals surface area (Å²) in [5.41, 5.74) is 1.38. The molecule has 0 saturated carbocycles. The molecule has 0 aliphatic carbocycles. The average Bonchev–Trinajstić information content (AvgIpc) is 2.13. The molecule has 1 aromatic rings. The normalized spacial score (nSPS) is 19.5. The van der Waals surface area contributed by atoms with Gasteiger partial charge in [0.2, 0.25) is 0 Å². The van der Waals surface area contributed by atoms with Crippen molar-refractivity contribution in [1.29, 1.82) is 0 Å². The molecule has 1 aliphatic heterocycles. The Labute approximate surface area is 78.6 Å². The zero-order chi connectivity index (χ0) is 9.15. The molecule has 1 saturated heterocycles. The van der Waals surface area contributed by atoms with Gasteiger partial charge in [-0.3, -0.25) is 4.98 Å². The third-order valence-corrected chi connectivity index (χ3v) is 2.45. The van der Waals surface area contributed by atoms with Gasteiger partial charge in [0.1, 0.15) is 0 Å². The zero-order valence-corrected chi connectivity index (χ0v) is 7.88. The molecule has 1 aromatic heterocycles. The molecule has 1 aliphatic rings. The lowest BCUT2D eigenvalue weighted by Crippen LogP contribution is -2.65. The summed E-state index contributed by atoms with van der Waals surface area (Å²) in [6.45, 7) is 5.20. The Bertz CT molecular complexity index is 267. The van der Waals surface area contributed by atoms with Gasteiger partial charge < -0.3 is 10.6 Å². The largest absolute Gasteiger partial charge is 0.313 e. The summed E-state index contributed by atoms with van der Waals surface area (Å²) in [5.74, 6) is 0. The van der Waals surface area contributed by atoms with Crippen LogP contribution in [0.5, 0.6) is 0 Å². The number of hydrogen-bond acceptors (Lipinski definition) is 3. The minimum Gasteiger partial charge on any atom is -0.313 e.